The summed E-state index contributed by atoms with van der Waals surface area (Å²) in [5, 5.41) is 0. The Kier molecular flexibility index (Phi) is 5.86. The Hall–Kier alpha value is -1.88. The van der Waals surface area contributed by atoms with E-state index in [0.717, 1.165) is 25.3 Å². The molecule has 0 aliphatic carbocycles. The fraction of sp³-hybridized carbons (Fsp3) is 0.400. The maximum atomic E-state index is 6.03. The molecule has 2 aromatic carbocycles. The van der Waals surface area contributed by atoms with E-state index in [2.05, 4.69) is 29.2 Å². The van der Waals surface area contributed by atoms with Crippen LogP contribution in [0.5, 0.6) is 5.75 Å². The van der Waals surface area contributed by atoms with Crippen LogP contribution in [0.1, 0.15) is 23.6 Å². The lowest BCUT2D eigenvalue weighted by molar-refractivity contribution is 0.101. The molecular formula is C20H26N2O2. The summed E-state index contributed by atoms with van der Waals surface area (Å²) in [5.41, 5.74) is 8.44. The molecule has 24 heavy (non-hydrogen) atoms. The van der Waals surface area contributed by atoms with Crippen LogP contribution in [0.2, 0.25) is 0 Å². The minimum atomic E-state index is 0.244. The zero-order chi connectivity index (χ0) is 16.8. The van der Waals surface area contributed by atoms with Crippen molar-refractivity contribution in [1.29, 1.82) is 0 Å². The molecule has 0 spiro atoms. The summed E-state index contributed by atoms with van der Waals surface area (Å²) in [6.45, 7) is 3.18. The fourth-order valence-corrected chi connectivity index (χ4v) is 3.25. The molecule has 1 aliphatic rings. The van der Waals surface area contributed by atoms with E-state index in [4.69, 9.17) is 15.2 Å². The molecule has 3 rings (SSSR count). The van der Waals surface area contributed by atoms with Crippen LogP contribution < -0.4 is 10.5 Å². The second-order valence-electron chi connectivity index (χ2n) is 6.24. The summed E-state index contributed by atoms with van der Waals surface area (Å²) in [7, 11) is 1.78. The molecule has 2 atom stereocenters. The van der Waals surface area contributed by atoms with Gasteiger partial charge in [-0.15, -0.1) is 0 Å². The Bertz CT molecular complexity index is 615. The van der Waals surface area contributed by atoms with Crippen molar-refractivity contribution in [2.75, 3.05) is 26.7 Å². The van der Waals surface area contributed by atoms with Crippen molar-refractivity contribution in [3.05, 3.63) is 65.7 Å². The van der Waals surface area contributed by atoms with Crippen LogP contribution in [0.25, 0.3) is 0 Å². The minimum Gasteiger partial charge on any atom is -0.489 e. The first kappa shape index (κ1) is 17.0. The average molecular weight is 326 g/mol. The predicted molar refractivity (Wildman–Crippen MR) is 96.0 cm³/mol. The molecule has 4 nitrogen and oxygen atoms in total. The molecule has 2 N–H and O–H groups in total. The zero-order valence-electron chi connectivity index (χ0n) is 14.2. The summed E-state index contributed by atoms with van der Waals surface area (Å²) in [6.07, 6.45) is 1.40. The normalized spacial score (nSPS) is 19.3. The van der Waals surface area contributed by atoms with Gasteiger partial charge < -0.3 is 15.2 Å². The lowest BCUT2D eigenvalue weighted by atomic mass is 10.1. The van der Waals surface area contributed by atoms with Crippen LogP contribution >= 0.6 is 0 Å². The van der Waals surface area contributed by atoms with E-state index < -0.39 is 0 Å². The van der Waals surface area contributed by atoms with Crippen molar-refractivity contribution >= 4 is 0 Å². The number of nitrogens with two attached hydrogens (primary N) is 1. The Balaban J connectivity index is 1.60. The third-order valence-corrected chi connectivity index (χ3v) is 4.69. The maximum absolute atomic E-state index is 6.03. The molecular weight excluding hydrogens is 300 g/mol. The van der Waals surface area contributed by atoms with Gasteiger partial charge in [-0.25, -0.2) is 0 Å². The molecule has 1 heterocycles. The van der Waals surface area contributed by atoms with Gasteiger partial charge in [-0.05, 0) is 29.7 Å². The summed E-state index contributed by atoms with van der Waals surface area (Å²) in [5.74, 6) is 0.884. The standard InChI is InChI=1S/C20H26N2O2/c1-23-19-11-12-22(14-19)20(13-21)17-7-9-18(10-8-17)24-15-16-5-3-2-4-6-16/h2-10,19-20H,11-15,21H2,1H3. The van der Waals surface area contributed by atoms with Gasteiger partial charge in [-0.1, -0.05) is 42.5 Å². The second kappa shape index (κ2) is 8.29. The SMILES string of the molecule is COC1CCN(C(CN)c2ccc(OCc3ccccc3)cc2)C1. The van der Waals surface area contributed by atoms with Gasteiger partial charge in [0.1, 0.15) is 12.4 Å². The van der Waals surface area contributed by atoms with Gasteiger partial charge in [0.15, 0.2) is 0 Å². The first-order valence-electron chi connectivity index (χ1n) is 8.53. The number of benzene rings is 2. The third-order valence-electron chi connectivity index (χ3n) is 4.69. The number of methoxy groups -OCH3 is 1. The molecule has 0 bridgehead atoms. The predicted octanol–water partition coefficient (Wildman–Crippen LogP) is 2.99. The van der Waals surface area contributed by atoms with E-state index in [1.165, 1.54) is 11.1 Å². The number of nitrogens with zero attached hydrogens (tertiary/aromatic N) is 1. The summed E-state index contributed by atoms with van der Waals surface area (Å²) in [4.78, 5) is 2.41. The van der Waals surface area contributed by atoms with E-state index in [-0.39, 0.29) is 6.04 Å². The van der Waals surface area contributed by atoms with Crippen molar-refractivity contribution < 1.29 is 9.47 Å². The number of hydrogen-bond donors (Lipinski definition) is 1. The smallest absolute Gasteiger partial charge is 0.119 e. The van der Waals surface area contributed by atoms with Gasteiger partial charge in [-0.3, -0.25) is 4.90 Å². The molecule has 2 unspecified atom stereocenters. The third kappa shape index (κ3) is 4.15. The van der Waals surface area contributed by atoms with Gasteiger partial charge in [0.2, 0.25) is 0 Å². The number of likely N-dealkylation sites (tertiary alicyclic amines) is 1. The Morgan fingerprint density at radius 1 is 1.12 bits per heavy atom. The van der Waals surface area contributed by atoms with Crippen molar-refractivity contribution in [3.8, 4) is 5.75 Å². The van der Waals surface area contributed by atoms with Crippen LogP contribution in [0, 0.1) is 0 Å². The lowest BCUT2D eigenvalue weighted by Crippen LogP contribution is -2.32. The monoisotopic (exact) mass is 326 g/mol. The molecule has 2 aromatic rings. The van der Waals surface area contributed by atoms with Gasteiger partial charge >= 0.3 is 0 Å². The van der Waals surface area contributed by atoms with E-state index in [9.17, 15) is 0 Å². The van der Waals surface area contributed by atoms with Gasteiger partial charge in [0.25, 0.3) is 0 Å². The fourth-order valence-electron chi connectivity index (χ4n) is 3.25. The van der Waals surface area contributed by atoms with E-state index >= 15 is 0 Å². The molecule has 1 aliphatic heterocycles. The number of rotatable bonds is 7. The Labute approximate surface area is 144 Å². The Morgan fingerprint density at radius 3 is 2.50 bits per heavy atom. The molecule has 1 saturated heterocycles. The topological polar surface area (TPSA) is 47.7 Å². The summed E-state index contributed by atoms with van der Waals surface area (Å²) in [6, 6.07) is 18.8. The largest absolute Gasteiger partial charge is 0.489 e. The molecule has 128 valence electrons. The summed E-state index contributed by atoms with van der Waals surface area (Å²) >= 11 is 0. The van der Waals surface area contributed by atoms with Crippen LogP contribution in [0.4, 0.5) is 0 Å². The van der Waals surface area contributed by atoms with Crippen molar-refractivity contribution in [1.82, 2.24) is 4.90 Å². The Morgan fingerprint density at radius 2 is 1.88 bits per heavy atom. The first-order valence-corrected chi connectivity index (χ1v) is 8.53. The van der Waals surface area contributed by atoms with E-state index in [1.54, 1.807) is 7.11 Å². The van der Waals surface area contributed by atoms with Crippen molar-refractivity contribution in [2.24, 2.45) is 5.73 Å². The molecule has 4 heteroatoms. The van der Waals surface area contributed by atoms with Gasteiger partial charge in [0, 0.05) is 32.8 Å². The van der Waals surface area contributed by atoms with E-state index in [0.29, 0.717) is 19.3 Å². The molecule has 0 radical (unpaired) electrons. The highest BCUT2D eigenvalue weighted by molar-refractivity contribution is 5.30. The lowest BCUT2D eigenvalue weighted by Gasteiger charge is -2.27. The zero-order valence-corrected chi connectivity index (χ0v) is 14.2. The van der Waals surface area contributed by atoms with Crippen LogP contribution in [-0.2, 0) is 11.3 Å². The average Bonchev–Trinajstić information content (AvgIpc) is 3.11. The molecule has 0 aromatic heterocycles. The quantitative estimate of drug-likeness (QED) is 0.850. The molecule has 1 fully saturated rings. The molecule has 0 amide bonds. The maximum Gasteiger partial charge on any atom is 0.119 e. The number of hydrogen-bond acceptors (Lipinski definition) is 4. The van der Waals surface area contributed by atoms with Crippen molar-refractivity contribution in [3.63, 3.8) is 0 Å². The highest BCUT2D eigenvalue weighted by atomic mass is 16.5. The number of ether oxygens (including phenoxy) is 2. The second-order valence-corrected chi connectivity index (χ2v) is 6.24. The first-order chi connectivity index (χ1) is 11.8. The van der Waals surface area contributed by atoms with Crippen LogP contribution in [0.3, 0.4) is 0 Å². The van der Waals surface area contributed by atoms with Crippen LogP contribution in [-0.4, -0.2) is 37.7 Å². The highest BCUT2D eigenvalue weighted by Gasteiger charge is 2.28. The highest BCUT2D eigenvalue weighted by Crippen LogP contribution is 2.27. The van der Waals surface area contributed by atoms with E-state index in [1.807, 2.05) is 30.3 Å². The summed E-state index contributed by atoms with van der Waals surface area (Å²) < 4.78 is 11.3. The van der Waals surface area contributed by atoms with Crippen molar-refractivity contribution in [2.45, 2.75) is 25.2 Å². The van der Waals surface area contributed by atoms with Gasteiger partial charge in [0.05, 0.1) is 6.10 Å². The van der Waals surface area contributed by atoms with Gasteiger partial charge in [-0.2, -0.15) is 0 Å². The molecule has 0 saturated carbocycles. The minimum absolute atomic E-state index is 0.244. The van der Waals surface area contributed by atoms with Crippen LogP contribution in [0.15, 0.2) is 54.6 Å².